The first kappa shape index (κ1) is 20.0. The van der Waals surface area contributed by atoms with Gasteiger partial charge < -0.3 is 14.8 Å². The van der Waals surface area contributed by atoms with E-state index in [0.29, 0.717) is 23.6 Å². The number of aryl methyl sites for hydroxylation is 2. The van der Waals surface area contributed by atoms with E-state index in [1.807, 2.05) is 32.9 Å². The molecule has 0 aliphatic carbocycles. The van der Waals surface area contributed by atoms with Gasteiger partial charge in [-0.05, 0) is 61.7 Å². The van der Waals surface area contributed by atoms with Gasteiger partial charge in [-0.3, -0.25) is 4.79 Å². The number of halogens is 1. The molecule has 2 aromatic carbocycles. The van der Waals surface area contributed by atoms with Gasteiger partial charge in [-0.2, -0.15) is 0 Å². The van der Waals surface area contributed by atoms with Crippen molar-refractivity contribution >= 4 is 33.5 Å². The predicted octanol–water partition coefficient (Wildman–Crippen LogP) is 4.65. The minimum absolute atomic E-state index is 0.117. The van der Waals surface area contributed by atoms with E-state index >= 15 is 0 Å². The molecule has 6 heteroatoms. The van der Waals surface area contributed by atoms with Crippen LogP contribution in [0.3, 0.4) is 0 Å². The van der Waals surface area contributed by atoms with Crippen molar-refractivity contribution < 1.29 is 19.1 Å². The van der Waals surface area contributed by atoms with Gasteiger partial charge in [0.15, 0.2) is 6.61 Å². The smallest absolute Gasteiger partial charge is 0.338 e. The molecule has 1 amide bonds. The van der Waals surface area contributed by atoms with Crippen LogP contribution in [0.5, 0.6) is 5.75 Å². The van der Waals surface area contributed by atoms with E-state index in [1.165, 1.54) is 0 Å². The molecule has 0 spiro atoms. The van der Waals surface area contributed by atoms with Gasteiger partial charge in [0, 0.05) is 10.2 Å². The van der Waals surface area contributed by atoms with Crippen molar-refractivity contribution in [2.75, 3.05) is 18.5 Å². The van der Waals surface area contributed by atoms with E-state index in [-0.39, 0.29) is 12.5 Å². The number of carbonyl (C=O) groups is 2. The Labute approximate surface area is 161 Å². The molecule has 0 atom stereocenters. The van der Waals surface area contributed by atoms with Crippen LogP contribution in [0.25, 0.3) is 0 Å². The fourth-order valence-corrected chi connectivity index (χ4v) is 3.15. The SMILES string of the molecule is CCCOC(=O)c1cccc(NC(=O)COc2c(C)cc(Br)cc2C)c1. The van der Waals surface area contributed by atoms with E-state index in [1.54, 1.807) is 24.3 Å². The lowest BCUT2D eigenvalue weighted by Gasteiger charge is -2.13. The molecule has 0 radical (unpaired) electrons. The van der Waals surface area contributed by atoms with Gasteiger partial charge in [-0.25, -0.2) is 4.79 Å². The highest BCUT2D eigenvalue weighted by atomic mass is 79.9. The maximum absolute atomic E-state index is 12.2. The molecule has 138 valence electrons. The maximum Gasteiger partial charge on any atom is 0.338 e. The number of hydrogen-bond acceptors (Lipinski definition) is 4. The highest BCUT2D eigenvalue weighted by Gasteiger charge is 2.11. The Morgan fingerprint density at radius 1 is 1.12 bits per heavy atom. The number of rotatable bonds is 7. The molecular formula is C20H22BrNO4. The summed E-state index contributed by atoms with van der Waals surface area (Å²) in [5.74, 6) is -0.00801. The molecule has 0 fully saturated rings. The summed E-state index contributed by atoms with van der Waals surface area (Å²) in [5.41, 5.74) is 2.82. The third-order valence-electron chi connectivity index (χ3n) is 3.59. The quantitative estimate of drug-likeness (QED) is 0.663. The summed E-state index contributed by atoms with van der Waals surface area (Å²) >= 11 is 3.43. The summed E-state index contributed by atoms with van der Waals surface area (Å²) in [7, 11) is 0. The first-order chi connectivity index (χ1) is 12.4. The maximum atomic E-state index is 12.2. The van der Waals surface area contributed by atoms with Crippen LogP contribution in [-0.4, -0.2) is 25.1 Å². The molecule has 5 nitrogen and oxygen atoms in total. The second kappa shape index (κ2) is 9.38. The summed E-state index contributed by atoms with van der Waals surface area (Å²) in [4.78, 5) is 24.1. The van der Waals surface area contributed by atoms with E-state index in [2.05, 4.69) is 21.2 Å². The van der Waals surface area contributed by atoms with Crippen LogP contribution in [0.2, 0.25) is 0 Å². The lowest BCUT2D eigenvalue weighted by atomic mass is 10.1. The topological polar surface area (TPSA) is 64.6 Å². The summed E-state index contributed by atoms with van der Waals surface area (Å²) in [6.07, 6.45) is 0.758. The molecule has 2 rings (SSSR count). The average molecular weight is 420 g/mol. The van der Waals surface area contributed by atoms with Crippen molar-refractivity contribution in [2.24, 2.45) is 0 Å². The van der Waals surface area contributed by atoms with Crippen molar-refractivity contribution in [1.82, 2.24) is 0 Å². The molecule has 0 bridgehead atoms. The molecule has 26 heavy (non-hydrogen) atoms. The highest BCUT2D eigenvalue weighted by molar-refractivity contribution is 9.10. The average Bonchev–Trinajstić information content (AvgIpc) is 2.59. The second-order valence-corrected chi connectivity index (χ2v) is 6.84. The Morgan fingerprint density at radius 2 is 1.81 bits per heavy atom. The van der Waals surface area contributed by atoms with Crippen LogP contribution in [0.15, 0.2) is 40.9 Å². The Bertz CT molecular complexity index is 781. The van der Waals surface area contributed by atoms with Crippen LogP contribution in [-0.2, 0) is 9.53 Å². The Morgan fingerprint density at radius 3 is 2.46 bits per heavy atom. The molecular weight excluding hydrogens is 398 g/mol. The van der Waals surface area contributed by atoms with Gasteiger partial charge in [0.25, 0.3) is 5.91 Å². The summed E-state index contributed by atoms with van der Waals surface area (Å²) in [6, 6.07) is 10.5. The Hall–Kier alpha value is -2.34. The summed E-state index contributed by atoms with van der Waals surface area (Å²) in [5, 5.41) is 2.73. The van der Waals surface area contributed by atoms with Crippen LogP contribution in [0.1, 0.15) is 34.8 Å². The van der Waals surface area contributed by atoms with Crippen molar-refractivity contribution in [1.29, 1.82) is 0 Å². The van der Waals surface area contributed by atoms with Crippen LogP contribution in [0, 0.1) is 13.8 Å². The monoisotopic (exact) mass is 419 g/mol. The number of carbonyl (C=O) groups excluding carboxylic acids is 2. The van der Waals surface area contributed by atoms with E-state index in [4.69, 9.17) is 9.47 Å². The van der Waals surface area contributed by atoms with Gasteiger partial charge in [0.05, 0.1) is 12.2 Å². The van der Waals surface area contributed by atoms with Gasteiger partial charge >= 0.3 is 5.97 Å². The zero-order valence-corrected chi connectivity index (χ0v) is 16.7. The minimum atomic E-state index is -0.402. The number of nitrogens with one attached hydrogen (secondary N) is 1. The van der Waals surface area contributed by atoms with Crippen molar-refractivity contribution in [3.63, 3.8) is 0 Å². The van der Waals surface area contributed by atoms with E-state index < -0.39 is 5.97 Å². The summed E-state index contributed by atoms with van der Waals surface area (Å²) in [6.45, 7) is 6.04. The van der Waals surface area contributed by atoms with Crippen LogP contribution in [0.4, 0.5) is 5.69 Å². The number of amides is 1. The van der Waals surface area contributed by atoms with Crippen molar-refractivity contribution in [2.45, 2.75) is 27.2 Å². The zero-order valence-electron chi connectivity index (χ0n) is 15.1. The first-order valence-electron chi connectivity index (χ1n) is 8.37. The van der Waals surface area contributed by atoms with Gasteiger partial charge in [0.2, 0.25) is 0 Å². The number of hydrogen-bond donors (Lipinski definition) is 1. The molecule has 0 aliphatic rings. The number of benzene rings is 2. The van der Waals surface area contributed by atoms with E-state index in [9.17, 15) is 9.59 Å². The summed E-state index contributed by atoms with van der Waals surface area (Å²) < 4.78 is 11.7. The van der Waals surface area contributed by atoms with Crippen LogP contribution < -0.4 is 10.1 Å². The largest absolute Gasteiger partial charge is 0.483 e. The minimum Gasteiger partial charge on any atom is -0.483 e. The molecule has 0 unspecified atom stereocenters. The molecule has 0 saturated heterocycles. The van der Waals surface area contributed by atoms with Gasteiger partial charge in [-0.1, -0.05) is 28.9 Å². The fourth-order valence-electron chi connectivity index (χ4n) is 2.46. The standard InChI is InChI=1S/C20H22BrNO4/c1-4-8-25-20(24)15-6-5-7-17(11-15)22-18(23)12-26-19-13(2)9-16(21)10-14(19)3/h5-7,9-11H,4,8,12H2,1-3H3,(H,22,23). The normalized spacial score (nSPS) is 10.3. The molecule has 1 N–H and O–H groups in total. The molecule has 0 heterocycles. The van der Waals surface area contributed by atoms with Crippen LogP contribution >= 0.6 is 15.9 Å². The first-order valence-corrected chi connectivity index (χ1v) is 9.16. The number of anilines is 1. The fraction of sp³-hybridized carbons (Fsp3) is 0.300. The lowest BCUT2D eigenvalue weighted by molar-refractivity contribution is -0.118. The lowest BCUT2D eigenvalue weighted by Crippen LogP contribution is -2.21. The molecule has 0 saturated carbocycles. The number of esters is 1. The molecule has 0 aromatic heterocycles. The van der Waals surface area contributed by atoms with E-state index in [0.717, 1.165) is 22.0 Å². The molecule has 0 aliphatic heterocycles. The number of ether oxygens (including phenoxy) is 2. The third-order valence-corrected chi connectivity index (χ3v) is 4.05. The predicted molar refractivity (Wildman–Crippen MR) is 105 cm³/mol. The molecule has 2 aromatic rings. The van der Waals surface area contributed by atoms with Gasteiger partial charge in [-0.15, -0.1) is 0 Å². The highest BCUT2D eigenvalue weighted by Crippen LogP contribution is 2.27. The van der Waals surface area contributed by atoms with Crippen molar-refractivity contribution in [3.8, 4) is 5.75 Å². The second-order valence-electron chi connectivity index (χ2n) is 5.92. The Kier molecular flexibility index (Phi) is 7.21. The Balaban J connectivity index is 1.97. The van der Waals surface area contributed by atoms with Gasteiger partial charge in [0.1, 0.15) is 5.75 Å². The third kappa shape index (κ3) is 5.59. The zero-order chi connectivity index (χ0) is 19.1. The van der Waals surface area contributed by atoms with Crippen molar-refractivity contribution in [3.05, 3.63) is 57.6 Å².